The van der Waals surface area contributed by atoms with Crippen molar-refractivity contribution in [1.29, 1.82) is 0 Å². The van der Waals surface area contributed by atoms with Crippen LogP contribution in [-0.2, 0) is 28.5 Å². The molecule has 0 spiro atoms. The lowest BCUT2D eigenvalue weighted by molar-refractivity contribution is -0.153. The number of benzene rings is 2. The molecule has 14 nitrogen and oxygen atoms in total. The molecule has 0 aliphatic carbocycles. The molecular weight excluding hydrogens is 620 g/mol. The van der Waals surface area contributed by atoms with E-state index in [0.29, 0.717) is 24.3 Å². The molecule has 0 heterocycles. The van der Waals surface area contributed by atoms with E-state index in [1.54, 1.807) is 24.3 Å². The van der Waals surface area contributed by atoms with E-state index in [1.807, 2.05) is 13.8 Å². The SMILES string of the molecule is CCCC(O)COC(=O)c1ccc(C(=O)OCC(O)COC(=O)CCC(=O)OCC(O)COc2cccc(OCC(O)CC)c2)cc1. The number of esters is 4. The average molecular weight is 665 g/mol. The monoisotopic (exact) mass is 664 g/mol. The Bertz CT molecular complexity index is 1250. The van der Waals surface area contributed by atoms with Crippen molar-refractivity contribution >= 4 is 23.9 Å². The highest BCUT2D eigenvalue weighted by Gasteiger charge is 2.17. The Morgan fingerprint density at radius 2 is 1.00 bits per heavy atom. The topological polar surface area (TPSA) is 205 Å². The highest BCUT2D eigenvalue weighted by atomic mass is 16.6. The summed E-state index contributed by atoms with van der Waals surface area (Å²) >= 11 is 0. The zero-order valence-electron chi connectivity index (χ0n) is 26.6. The van der Waals surface area contributed by atoms with Crippen LogP contribution in [0, 0.1) is 0 Å². The van der Waals surface area contributed by atoms with Gasteiger partial charge in [-0.15, -0.1) is 0 Å². The summed E-state index contributed by atoms with van der Waals surface area (Å²) in [6.07, 6.45) is -2.67. The van der Waals surface area contributed by atoms with Gasteiger partial charge in [0.15, 0.2) is 0 Å². The Morgan fingerprint density at radius 1 is 0.574 bits per heavy atom. The Kier molecular flexibility index (Phi) is 17.8. The Labute approximate surface area is 273 Å². The van der Waals surface area contributed by atoms with Gasteiger partial charge in [0.2, 0.25) is 0 Å². The number of ether oxygens (including phenoxy) is 6. The number of carbonyl (C=O) groups is 4. The smallest absolute Gasteiger partial charge is 0.338 e. The molecule has 4 atom stereocenters. The van der Waals surface area contributed by atoms with E-state index in [0.717, 1.165) is 6.42 Å². The molecule has 0 aliphatic rings. The van der Waals surface area contributed by atoms with Crippen LogP contribution < -0.4 is 9.47 Å². The van der Waals surface area contributed by atoms with E-state index in [2.05, 4.69) is 0 Å². The number of aliphatic hydroxyl groups is 4. The van der Waals surface area contributed by atoms with Gasteiger partial charge >= 0.3 is 23.9 Å². The normalized spacial score (nSPS) is 13.4. The van der Waals surface area contributed by atoms with Crippen molar-refractivity contribution < 1.29 is 68.0 Å². The van der Waals surface area contributed by atoms with Crippen LogP contribution in [0.3, 0.4) is 0 Å². The molecule has 0 saturated heterocycles. The maximum absolute atomic E-state index is 12.2. The molecule has 260 valence electrons. The Hall–Kier alpha value is -4.24. The summed E-state index contributed by atoms with van der Waals surface area (Å²) in [5, 5.41) is 39.3. The second-order valence-corrected chi connectivity index (χ2v) is 10.5. The molecule has 2 aromatic rings. The molecule has 0 bridgehead atoms. The van der Waals surface area contributed by atoms with Gasteiger partial charge in [0.25, 0.3) is 0 Å². The summed E-state index contributed by atoms with van der Waals surface area (Å²) in [5.41, 5.74) is 0.287. The summed E-state index contributed by atoms with van der Waals surface area (Å²) in [6, 6.07) is 12.0. The Balaban J connectivity index is 1.59. The van der Waals surface area contributed by atoms with E-state index in [4.69, 9.17) is 28.4 Å². The largest absolute Gasteiger partial charge is 0.491 e. The van der Waals surface area contributed by atoms with Crippen molar-refractivity contribution in [3.63, 3.8) is 0 Å². The van der Waals surface area contributed by atoms with Crippen molar-refractivity contribution in [3.8, 4) is 11.5 Å². The minimum Gasteiger partial charge on any atom is -0.491 e. The van der Waals surface area contributed by atoms with Crippen molar-refractivity contribution in [2.45, 2.75) is 70.4 Å². The fourth-order valence-corrected chi connectivity index (χ4v) is 3.65. The van der Waals surface area contributed by atoms with E-state index in [-0.39, 0.29) is 50.4 Å². The Morgan fingerprint density at radius 3 is 1.47 bits per heavy atom. The first-order valence-electron chi connectivity index (χ1n) is 15.3. The summed E-state index contributed by atoms with van der Waals surface area (Å²) in [7, 11) is 0. The van der Waals surface area contributed by atoms with Crippen molar-refractivity contribution in [1.82, 2.24) is 0 Å². The van der Waals surface area contributed by atoms with Crippen LogP contribution in [0.2, 0.25) is 0 Å². The van der Waals surface area contributed by atoms with Gasteiger partial charge in [-0.05, 0) is 49.2 Å². The summed E-state index contributed by atoms with van der Waals surface area (Å²) < 4.78 is 30.8. The molecule has 0 aromatic heterocycles. The van der Waals surface area contributed by atoms with E-state index < -0.39 is 61.5 Å². The first kappa shape index (κ1) is 38.9. The van der Waals surface area contributed by atoms with Gasteiger partial charge in [-0.3, -0.25) is 9.59 Å². The third-order valence-electron chi connectivity index (χ3n) is 6.36. The molecule has 4 unspecified atom stereocenters. The van der Waals surface area contributed by atoms with Crippen LogP contribution in [0.1, 0.15) is 66.7 Å². The fourth-order valence-electron chi connectivity index (χ4n) is 3.65. The predicted octanol–water partition coefficient (Wildman–Crippen LogP) is 1.98. The molecule has 0 radical (unpaired) electrons. The third-order valence-corrected chi connectivity index (χ3v) is 6.36. The van der Waals surface area contributed by atoms with E-state index in [1.165, 1.54) is 24.3 Å². The average Bonchev–Trinajstić information content (AvgIpc) is 3.08. The molecule has 14 heteroatoms. The maximum atomic E-state index is 12.2. The molecule has 4 N–H and O–H groups in total. The maximum Gasteiger partial charge on any atom is 0.338 e. The van der Waals surface area contributed by atoms with Crippen LogP contribution in [0.5, 0.6) is 11.5 Å². The van der Waals surface area contributed by atoms with Gasteiger partial charge in [0.05, 0.1) is 36.2 Å². The quantitative estimate of drug-likeness (QED) is 0.105. The first-order chi connectivity index (χ1) is 22.5. The molecule has 2 aromatic carbocycles. The highest BCUT2D eigenvalue weighted by molar-refractivity contribution is 5.93. The van der Waals surface area contributed by atoms with Crippen LogP contribution in [0.15, 0.2) is 48.5 Å². The summed E-state index contributed by atoms with van der Waals surface area (Å²) in [4.78, 5) is 48.2. The molecule has 0 amide bonds. The third kappa shape index (κ3) is 16.2. The molecule has 47 heavy (non-hydrogen) atoms. The molecule has 2 rings (SSSR count). The van der Waals surface area contributed by atoms with Gasteiger partial charge in [-0.1, -0.05) is 26.3 Å². The van der Waals surface area contributed by atoms with Crippen LogP contribution in [0.4, 0.5) is 0 Å². The predicted molar refractivity (Wildman–Crippen MR) is 165 cm³/mol. The van der Waals surface area contributed by atoms with Crippen LogP contribution in [0.25, 0.3) is 0 Å². The second kappa shape index (κ2) is 21.5. The van der Waals surface area contributed by atoms with Crippen molar-refractivity contribution in [3.05, 3.63) is 59.7 Å². The lowest BCUT2D eigenvalue weighted by atomic mass is 10.1. The fraction of sp³-hybridized carbons (Fsp3) is 0.515. The van der Waals surface area contributed by atoms with Crippen LogP contribution >= 0.6 is 0 Å². The minimum atomic E-state index is -1.33. The van der Waals surface area contributed by atoms with Gasteiger partial charge in [0.1, 0.15) is 63.3 Å². The van der Waals surface area contributed by atoms with Gasteiger partial charge in [-0.25, -0.2) is 9.59 Å². The lowest BCUT2D eigenvalue weighted by Gasteiger charge is -2.14. The number of rotatable bonds is 22. The summed E-state index contributed by atoms with van der Waals surface area (Å²) in [6.45, 7) is 2.22. The van der Waals surface area contributed by atoms with Crippen molar-refractivity contribution in [2.75, 3.05) is 39.6 Å². The first-order valence-corrected chi connectivity index (χ1v) is 15.3. The standard InChI is InChI=1S/C33H44O14/c1-3-6-25(35)17-46-32(40)22-9-11-23(12-10-22)33(41)47-21-27(37)20-45-31(39)14-13-30(38)44-19-26(36)18-43-29-8-5-7-28(15-29)42-16-24(34)4-2/h5,7-12,15,24-27,34-37H,3-4,6,13-14,16-21H2,1-2H3. The minimum absolute atomic E-state index is 0.107. The zero-order valence-corrected chi connectivity index (χ0v) is 26.6. The molecule has 0 fully saturated rings. The number of hydrogen-bond donors (Lipinski definition) is 4. The van der Waals surface area contributed by atoms with Gasteiger partial charge in [0, 0.05) is 6.07 Å². The molecule has 0 saturated carbocycles. The van der Waals surface area contributed by atoms with Gasteiger partial charge in [-0.2, -0.15) is 0 Å². The van der Waals surface area contributed by atoms with Gasteiger partial charge < -0.3 is 48.8 Å². The zero-order chi connectivity index (χ0) is 34.6. The lowest BCUT2D eigenvalue weighted by Crippen LogP contribution is -2.26. The second-order valence-electron chi connectivity index (χ2n) is 10.5. The van der Waals surface area contributed by atoms with Crippen molar-refractivity contribution in [2.24, 2.45) is 0 Å². The highest BCUT2D eigenvalue weighted by Crippen LogP contribution is 2.20. The molecule has 0 aliphatic heterocycles. The summed E-state index contributed by atoms with van der Waals surface area (Å²) in [5.74, 6) is -2.09. The van der Waals surface area contributed by atoms with Crippen LogP contribution in [-0.4, -0.2) is 108 Å². The van der Waals surface area contributed by atoms with E-state index >= 15 is 0 Å². The number of hydrogen-bond acceptors (Lipinski definition) is 14. The van der Waals surface area contributed by atoms with E-state index in [9.17, 15) is 39.6 Å². The number of aliphatic hydroxyl groups excluding tert-OH is 4. The number of carbonyl (C=O) groups excluding carboxylic acids is 4. The molecular formula is C33H44O14.